The molecule has 37 heavy (non-hydrogen) atoms. The van der Waals surface area contributed by atoms with Gasteiger partial charge in [-0.2, -0.15) is 0 Å². The number of phenolic OH excluding ortho intramolecular Hbond substituents is 1. The molecule has 2 atom stereocenters. The van der Waals surface area contributed by atoms with Crippen LogP contribution in [0, 0.1) is 0 Å². The van der Waals surface area contributed by atoms with Gasteiger partial charge in [-0.05, 0) is 75.1 Å². The van der Waals surface area contributed by atoms with E-state index >= 15 is 0 Å². The molecule has 1 fully saturated rings. The molecule has 0 bridgehead atoms. The van der Waals surface area contributed by atoms with Crippen LogP contribution in [0.3, 0.4) is 0 Å². The Balaban J connectivity index is 1.60. The third kappa shape index (κ3) is 4.99. The summed E-state index contributed by atoms with van der Waals surface area (Å²) in [5.41, 5.74) is 4.16. The number of rotatable bonds is 6. The zero-order valence-electron chi connectivity index (χ0n) is 21.2. The summed E-state index contributed by atoms with van der Waals surface area (Å²) in [5.74, 6) is -1.01. The maximum atomic E-state index is 13.8. The minimum absolute atomic E-state index is 0.0200. The van der Waals surface area contributed by atoms with Crippen LogP contribution >= 0.6 is 11.6 Å². The number of esters is 1. The molecule has 2 aliphatic carbocycles. The summed E-state index contributed by atoms with van der Waals surface area (Å²) in [6.45, 7) is 3.99. The molecule has 0 aromatic heterocycles. The largest absolute Gasteiger partial charge is 0.503 e. The molecular weight excluding hydrogens is 490 g/mol. The van der Waals surface area contributed by atoms with Crippen LogP contribution in [0.2, 0.25) is 5.02 Å². The fourth-order valence-corrected chi connectivity index (χ4v) is 6.07. The smallest absolute Gasteiger partial charge is 0.337 e. The van der Waals surface area contributed by atoms with Gasteiger partial charge in [-0.3, -0.25) is 4.79 Å². The predicted octanol–water partition coefficient (Wildman–Crippen LogP) is 6.29. The van der Waals surface area contributed by atoms with Crippen molar-refractivity contribution < 1.29 is 24.2 Å². The molecule has 6 nitrogen and oxygen atoms in total. The van der Waals surface area contributed by atoms with Crippen molar-refractivity contribution in [2.45, 2.75) is 70.3 Å². The van der Waals surface area contributed by atoms with Crippen LogP contribution in [-0.4, -0.2) is 29.6 Å². The highest BCUT2D eigenvalue weighted by molar-refractivity contribution is 6.32. The quantitative estimate of drug-likeness (QED) is 0.434. The average Bonchev–Trinajstić information content (AvgIpc) is 3.39. The Hall–Kier alpha value is -3.25. The van der Waals surface area contributed by atoms with E-state index in [-0.39, 0.29) is 34.3 Å². The maximum absolute atomic E-state index is 13.8. The normalized spacial score (nSPS) is 22.1. The van der Waals surface area contributed by atoms with Crippen molar-refractivity contribution in [1.82, 2.24) is 5.32 Å². The molecule has 1 heterocycles. The van der Waals surface area contributed by atoms with Crippen molar-refractivity contribution in [2.75, 3.05) is 6.61 Å². The molecule has 0 spiro atoms. The summed E-state index contributed by atoms with van der Waals surface area (Å²) in [5, 5.41) is 14.0. The van der Waals surface area contributed by atoms with Gasteiger partial charge < -0.3 is 19.9 Å². The van der Waals surface area contributed by atoms with Gasteiger partial charge in [0.05, 0.1) is 17.2 Å². The number of benzene rings is 2. The number of halogens is 1. The second kappa shape index (κ2) is 10.6. The van der Waals surface area contributed by atoms with Gasteiger partial charge >= 0.3 is 5.97 Å². The second-order valence-electron chi connectivity index (χ2n) is 10.0. The lowest BCUT2D eigenvalue weighted by Gasteiger charge is -2.37. The van der Waals surface area contributed by atoms with Crippen LogP contribution in [0.5, 0.6) is 11.5 Å². The molecule has 7 heteroatoms. The van der Waals surface area contributed by atoms with Crippen LogP contribution in [0.4, 0.5) is 0 Å². The molecule has 2 aromatic carbocycles. The van der Waals surface area contributed by atoms with E-state index in [2.05, 4.69) is 5.32 Å². The maximum Gasteiger partial charge on any atom is 0.337 e. The Morgan fingerprint density at radius 1 is 1.11 bits per heavy atom. The topological polar surface area (TPSA) is 84.9 Å². The lowest BCUT2D eigenvalue weighted by Crippen LogP contribution is -2.36. The van der Waals surface area contributed by atoms with Crippen molar-refractivity contribution in [3.05, 3.63) is 81.2 Å². The van der Waals surface area contributed by atoms with E-state index in [1.165, 1.54) is 0 Å². The van der Waals surface area contributed by atoms with Crippen molar-refractivity contribution in [3.63, 3.8) is 0 Å². The number of hydrogen-bond acceptors (Lipinski definition) is 6. The van der Waals surface area contributed by atoms with Crippen molar-refractivity contribution in [1.29, 1.82) is 0 Å². The van der Waals surface area contributed by atoms with Crippen molar-refractivity contribution in [2.24, 2.45) is 0 Å². The third-order valence-corrected chi connectivity index (χ3v) is 7.87. The van der Waals surface area contributed by atoms with Gasteiger partial charge in [-0.25, -0.2) is 4.79 Å². The fourth-order valence-electron chi connectivity index (χ4n) is 5.85. The van der Waals surface area contributed by atoms with E-state index in [9.17, 15) is 14.7 Å². The van der Waals surface area contributed by atoms with Gasteiger partial charge in [-0.1, -0.05) is 41.9 Å². The molecule has 3 aliphatic rings. The van der Waals surface area contributed by atoms with Gasteiger partial charge in [0.2, 0.25) is 0 Å². The highest BCUT2D eigenvalue weighted by Crippen LogP contribution is 2.48. The van der Waals surface area contributed by atoms with Crippen LogP contribution in [0.1, 0.15) is 75.3 Å². The minimum Gasteiger partial charge on any atom is -0.503 e. The number of hydrogen-bond donors (Lipinski definition) is 2. The molecule has 5 rings (SSSR count). The van der Waals surface area contributed by atoms with Crippen LogP contribution < -0.4 is 10.1 Å². The van der Waals surface area contributed by atoms with Gasteiger partial charge in [0.1, 0.15) is 6.10 Å². The molecule has 1 saturated carbocycles. The van der Waals surface area contributed by atoms with Crippen molar-refractivity contribution >= 4 is 23.4 Å². The predicted molar refractivity (Wildman–Crippen MR) is 142 cm³/mol. The van der Waals surface area contributed by atoms with Crippen LogP contribution in [0.15, 0.2) is 65.0 Å². The van der Waals surface area contributed by atoms with Gasteiger partial charge in [0, 0.05) is 29.3 Å². The zero-order chi connectivity index (χ0) is 26.1. The average molecular weight is 522 g/mol. The first-order chi connectivity index (χ1) is 17.9. The van der Waals surface area contributed by atoms with E-state index < -0.39 is 11.9 Å². The Kier molecular flexibility index (Phi) is 7.29. The number of nitrogens with one attached hydrogen (secondary N) is 1. The summed E-state index contributed by atoms with van der Waals surface area (Å²) in [7, 11) is 0. The molecule has 194 valence electrons. The van der Waals surface area contributed by atoms with E-state index in [1.54, 1.807) is 12.1 Å². The lowest BCUT2D eigenvalue weighted by atomic mass is 9.71. The first-order valence-corrected chi connectivity index (χ1v) is 13.4. The Morgan fingerprint density at radius 3 is 2.54 bits per heavy atom. The Morgan fingerprint density at radius 2 is 1.84 bits per heavy atom. The first-order valence-electron chi connectivity index (χ1n) is 13.0. The second-order valence-corrected chi connectivity index (χ2v) is 10.4. The molecule has 0 unspecified atom stereocenters. The molecule has 0 saturated heterocycles. The lowest BCUT2D eigenvalue weighted by molar-refractivity contribution is -0.144. The summed E-state index contributed by atoms with van der Waals surface area (Å²) in [6.07, 6.45) is 4.65. The highest BCUT2D eigenvalue weighted by Gasteiger charge is 2.42. The number of phenols is 1. The van der Waals surface area contributed by atoms with Gasteiger partial charge in [0.15, 0.2) is 17.3 Å². The standard InChI is InChI=1S/C30H32ClNO5/c1-3-36-25-16-20(13-22(31)29(25)34)27-26(30(35)37-21-11-7-8-12-21)17(2)32-23-14-19(15-24(33)28(23)27)18-9-5-4-6-10-18/h4-6,9-10,13,16,19,21,27,32,34H,3,7-8,11-12,14-15H2,1-2H3/t19-,27+/m0/s1. The van der Waals surface area contributed by atoms with E-state index in [4.69, 9.17) is 21.1 Å². The number of carbonyl (C=O) groups is 2. The first kappa shape index (κ1) is 25.4. The fraction of sp³-hybridized carbons (Fsp3) is 0.400. The summed E-state index contributed by atoms with van der Waals surface area (Å²) in [4.78, 5) is 27.4. The van der Waals surface area contributed by atoms with Gasteiger partial charge in [0.25, 0.3) is 0 Å². The number of dihydropyridines is 1. The van der Waals surface area contributed by atoms with E-state index in [0.717, 1.165) is 36.9 Å². The SMILES string of the molecule is CCOc1cc([C@@H]2C(C(=O)OC3CCCC3)=C(C)NC3=C2C(=O)C[C@@H](c2ccccc2)C3)cc(Cl)c1O. The van der Waals surface area contributed by atoms with Crippen molar-refractivity contribution in [3.8, 4) is 11.5 Å². The van der Waals surface area contributed by atoms with Gasteiger partial charge in [-0.15, -0.1) is 0 Å². The molecule has 0 amide bonds. The molecule has 2 aromatic rings. The summed E-state index contributed by atoms with van der Waals surface area (Å²) < 4.78 is 11.6. The van der Waals surface area contributed by atoms with E-state index in [0.29, 0.717) is 41.9 Å². The number of Topliss-reactive ketones (excluding diaryl/α,β-unsaturated/α-hetero) is 1. The minimum atomic E-state index is -0.674. The summed E-state index contributed by atoms with van der Waals surface area (Å²) in [6, 6.07) is 13.3. The molecule has 1 aliphatic heterocycles. The Labute approximate surface area is 222 Å². The number of aromatic hydroxyl groups is 1. The van der Waals surface area contributed by atoms with E-state index in [1.807, 2.05) is 44.2 Å². The van der Waals surface area contributed by atoms with Crippen LogP contribution in [0.25, 0.3) is 0 Å². The van der Waals surface area contributed by atoms with Crippen LogP contribution in [-0.2, 0) is 14.3 Å². The molecule has 0 radical (unpaired) electrons. The molecular formula is C30H32ClNO5. The zero-order valence-corrected chi connectivity index (χ0v) is 21.9. The molecule has 2 N–H and O–H groups in total. The number of ether oxygens (including phenoxy) is 2. The number of allylic oxidation sites excluding steroid dienone is 3. The summed E-state index contributed by atoms with van der Waals surface area (Å²) >= 11 is 6.41. The monoisotopic (exact) mass is 521 g/mol. The highest BCUT2D eigenvalue weighted by atomic mass is 35.5. The Bertz CT molecular complexity index is 1280. The number of carbonyl (C=O) groups excluding carboxylic acids is 2. The number of ketones is 1. The third-order valence-electron chi connectivity index (χ3n) is 7.58.